The molecule has 1 fully saturated rings. The van der Waals surface area contributed by atoms with E-state index >= 15 is 0 Å². The molecule has 6 nitrogen and oxygen atoms in total. The van der Waals surface area contributed by atoms with E-state index in [0.29, 0.717) is 18.1 Å². The van der Waals surface area contributed by atoms with E-state index in [1.54, 1.807) is 37.3 Å². The number of ether oxygens (including phenoxy) is 1. The number of para-hydroxylation sites is 1. The summed E-state index contributed by atoms with van der Waals surface area (Å²) < 4.78 is 38.5. The zero-order valence-corrected chi connectivity index (χ0v) is 14.3. The van der Waals surface area contributed by atoms with E-state index in [0.717, 1.165) is 12.8 Å². The maximum Gasteiger partial charge on any atom is 0.244 e. The van der Waals surface area contributed by atoms with Crippen LogP contribution in [0.4, 0.5) is 0 Å². The van der Waals surface area contributed by atoms with Gasteiger partial charge in [0.15, 0.2) is 0 Å². The van der Waals surface area contributed by atoms with Crippen molar-refractivity contribution >= 4 is 10.0 Å². The fourth-order valence-corrected chi connectivity index (χ4v) is 3.96. The average molecular weight is 351 g/mol. The smallest absolute Gasteiger partial charge is 0.244 e. The Morgan fingerprint density at radius 3 is 2.67 bits per heavy atom. The molecule has 0 radical (unpaired) electrons. The van der Waals surface area contributed by atoms with Crippen LogP contribution >= 0.6 is 0 Å². The summed E-state index contributed by atoms with van der Waals surface area (Å²) in [6, 6.07) is 9.79. The second kappa shape index (κ2) is 6.58. The lowest BCUT2D eigenvalue weighted by atomic mass is 9.95. The third-order valence-corrected chi connectivity index (χ3v) is 5.61. The fourth-order valence-electron chi connectivity index (χ4n) is 2.75. The van der Waals surface area contributed by atoms with Crippen molar-refractivity contribution in [3.05, 3.63) is 48.4 Å². The van der Waals surface area contributed by atoms with Crippen molar-refractivity contribution in [1.82, 2.24) is 4.72 Å². The zero-order chi connectivity index (χ0) is 17.2. The third-order valence-electron chi connectivity index (χ3n) is 4.17. The molecule has 24 heavy (non-hydrogen) atoms. The molecule has 1 aliphatic rings. The van der Waals surface area contributed by atoms with Gasteiger partial charge in [-0.3, -0.25) is 0 Å². The van der Waals surface area contributed by atoms with Crippen LogP contribution in [0.15, 0.2) is 52.0 Å². The molecule has 1 unspecified atom stereocenters. The van der Waals surface area contributed by atoms with Gasteiger partial charge in [0.25, 0.3) is 0 Å². The van der Waals surface area contributed by atoms with Crippen LogP contribution in [0.5, 0.6) is 5.75 Å². The number of hydrogen-bond acceptors (Lipinski definition) is 5. The first-order chi connectivity index (χ1) is 11.5. The van der Waals surface area contributed by atoms with Crippen LogP contribution < -0.4 is 9.46 Å². The van der Waals surface area contributed by atoms with E-state index in [-0.39, 0.29) is 17.4 Å². The van der Waals surface area contributed by atoms with Crippen molar-refractivity contribution in [2.45, 2.75) is 30.3 Å². The molecule has 0 saturated heterocycles. The van der Waals surface area contributed by atoms with Gasteiger partial charge < -0.3 is 14.3 Å². The van der Waals surface area contributed by atoms with Gasteiger partial charge in [0.2, 0.25) is 10.0 Å². The molecule has 1 aromatic heterocycles. The molecule has 0 aliphatic heterocycles. The number of sulfonamides is 1. The van der Waals surface area contributed by atoms with E-state index in [1.807, 2.05) is 0 Å². The van der Waals surface area contributed by atoms with Crippen molar-refractivity contribution in [3.63, 3.8) is 0 Å². The van der Waals surface area contributed by atoms with E-state index in [9.17, 15) is 13.5 Å². The predicted molar refractivity (Wildman–Crippen MR) is 88.1 cm³/mol. The molecule has 1 aliphatic carbocycles. The summed E-state index contributed by atoms with van der Waals surface area (Å²) in [6.07, 6.45) is 3.16. The molecule has 2 N–H and O–H groups in total. The molecule has 3 rings (SSSR count). The SMILES string of the molecule is CCOc1ccccc1S(=O)(=O)NCC(O)(c1ccco1)C1CC1. The van der Waals surface area contributed by atoms with Crippen LogP contribution in [0.1, 0.15) is 25.5 Å². The van der Waals surface area contributed by atoms with Crippen LogP contribution in [0.3, 0.4) is 0 Å². The van der Waals surface area contributed by atoms with E-state index in [4.69, 9.17) is 9.15 Å². The first-order valence-corrected chi connectivity index (χ1v) is 9.43. The maximum atomic E-state index is 12.7. The highest BCUT2D eigenvalue weighted by molar-refractivity contribution is 7.89. The molecule has 7 heteroatoms. The van der Waals surface area contributed by atoms with Gasteiger partial charge in [0, 0.05) is 6.54 Å². The highest BCUT2D eigenvalue weighted by Gasteiger charge is 2.47. The summed E-state index contributed by atoms with van der Waals surface area (Å²) in [4.78, 5) is 0.0597. The summed E-state index contributed by atoms with van der Waals surface area (Å²) >= 11 is 0. The summed E-state index contributed by atoms with van der Waals surface area (Å²) in [5.74, 6) is 0.666. The minimum absolute atomic E-state index is 0.00603. The van der Waals surface area contributed by atoms with Crippen molar-refractivity contribution in [2.75, 3.05) is 13.2 Å². The van der Waals surface area contributed by atoms with Gasteiger partial charge in [0.05, 0.1) is 12.9 Å². The highest BCUT2D eigenvalue weighted by atomic mass is 32.2. The Labute approximate surface area is 141 Å². The maximum absolute atomic E-state index is 12.7. The molecule has 0 spiro atoms. The molecule has 1 aromatic carbocycles. The molecular weight excluding hydrogens is 330 g/mol. The van der Waals surface area contributed by atoms with Gasteiger partial charge in [-0.1, -0.05) is 12.1 Å². The lowest BCUT2D eigenvalue weighted by molar-refractivity contribution is -0.00225. The van der Waals surface area contributed by atoms with Crippen molar-refractivity contribution < 1.29 is 22.7 Å². The molecule has 130 valence electrons. The first-order valence-electron chi connectivity index (χ1n) is 7.95. The topological polar surface area (TPSA) is 88.8 Å². The van der Waals surface area contributed by atoms with Gasteiger partial charge in [-0.15, -0.1) is 0 Å². The van der Waals surface area contributed by atoms with Gasteiger partial charge in [-0.25, -0.2) is 13.1 Å². The number of benzene rings is 1. The average Bonchev–Trinajstić information content (AvgIpc) is 3.28. The molecule has 2 aromatic rings. The molecular formula is C17H21NO5S. The number of hydrogen-bond donors (Lipinski definition) is 2. The quantitative estimate of drug-likeness (QED) is 0.761. The Hall–Kier alpha value is -1.83. The molecule has 1 saturated carbocycles. The normalized spacial score (nSPS) is 17.4. The van der Waals surface area contributed by atoms with Gasteiger partial charge in [0.1, 0.15) is 22.0 Å². The number of nitrogens with one attached hydrogen (secondary N) is 1. The minimum Gasteiger partial charge on any atom is -0.492 e. The standard InChI is InChI=1S/C17H21NO5S/c1-2-22-14-6-3-4-7-15(14)24(20,21)18-12-17(19,13-9-10-13)16-8-5-11-23-16/h3-8,11,13,18-19H,2,9-10,12H2,1H3. The zero-order valence-electron chi connectivity index (χ0n) is 13.4. The number of rotatable bonds is 8. The van der Waals surface area contributed by atoms with Crippen LogP contribution in [0, 0.1) is 5.92 Å². The van der Waals surface area contributed by atoms with Gasteiger partial charge in [-0.2, -0.15) is 0 Å². The minimum atomic E-state index is -3.82. The van der Waals surface area contributed by atoms with Crippen molar-refractivity contribution in [3.8, 4) is 5.75 Å². The summed E-state index contributed by atoms with van der Waals surface area (Å²) in [7, 11) is -3.82. The largest absolute Gasteiger partial charge is 0.492 e. The number of aliphatic hydroxyl groups is 1. The third kappa shape index (κ3) is 3.33. The Kier molecular flexibility index (Phi) is 4.67. The Bertz CT molecular complexity index is 783. The van der Waals surface area contributed by atoms with Crippen molar-refractivity contribution in [2.24, 2.45) is 5.92 Å². The predicted octanol–water partition coefficient (Wildman–Crippen LogP) is 2.25. The summed E-state index contributed by atoms with van der Waals surface area (Å²) in [5, 5.41) is 10.9. The van der Waals surface area contributed by atoms with Crippen LogP contribution in [0.25, 0.3) is 0 Å². The Morgan fingerprint density at radius 2 is 2.04 bits per heavy atom. The monoisotopic (exact) mass is 351 g/mol. The molecule has 1 heterocycles. The Morgan fingerprint density at radius 1 is 1.29 bits per heavy atom. The Balaban J connectivity index is 1.82. The summed E-state index contributed by atoms with van der Waals surface area (Å²) in [6.45, 7) is 2.01. The number of furan rings is 1. The molecule has 1 atom stereocenters. The first kappa shape index (κ1) is 17.0. The van der Waals surface area contributed by atoms with Crippen LogP contribution in [0.2, 0.25) is 0 Å². The van der Waals surface area contributed by atoms with E-state index < -0.39 is 15.6 Å². The van der Waals surface area contributed by atoms with Crippen LogP contribution in [-0.4, -0.2) is 26.7 Å². The second-order valence-corrected chi connectivity index (χ2v) is 7.62. The van der Waals surface area contributed by atoms with Gasteiger partial charge >= 0.3 is 0 Å². The highest BCUT2D eigenvalue weighted by Crippen LogP contribution is 2.45. The van der Waals surface area contributed by atoms with Crippen LogP contribution in [-0.2, 0) is 15.6 Å². The van der Waals surface area contributed by atoms with E-state index in [2.05, 4.69) is 4.72 Å². The van der Waals surface area contributed by atoms with Crippen molar-refractivity contribution in [1.29, 1.82) is 0 Å². The molecule has 0 bridgehead atoms. The van der Waals surface area contributed by atoms with Gasteiger partial charge in [-0.05, 0) is 49.9 Å². The summed E-state index contributed by atoms with van der Waals surface area (Å²) in [5.41, 5.74) is -1.34. The second-order valence-electron chi connectivity index (χ2n) is 5.88. The fraction of sp³-hybridized carbons (Fsp3) is 0.412. The lowest BCUT2D eigenvalue weighted by Crippen LogP contribution is -2.42. The van der Waals surface area contributed by atoms with E-state index in [1.165, 1.54) is 12.3 Å². The molecule has 0 amide bonds. The lowest BCUT2D eigenvalue weighted by Gasteiger charge is -2.26.